The molecule has 4 rings (SSSR count). The van der Waals surface area contributed by atoms with Gasteiger partial charge in [-0.05, 0) is 61.9 Å². The molecule has 0 aromatic heterocycles. The Labute approximate surface area is 149 Å². The minimum Gasteiger partial charge on any atom is -0.382 e. The zero-order valence-electron chi connectivity index (χ0n) is 15.4. The number of ketones is 3. The van der Waals surface area contributed by atoms with Gasteiger partial charge in [0.1, 0.15) is 11.4 Å². The van der Waals surface area contributed by atoms with Crippen LogP contribution in [0.1, 0.15) is 59.3 Å². The van der Waals surface area contributed by atoms with Crippen molar-refractivity contribution in [3.05, 3.63) is 12.2 Å². The lowest BCUT2D eigenvalue weighted by molar-refractivity contribution is -0.169. The summed E-state index contributed by atoms with van der Waals surface area (Å²) in [7, 11) is 0. The molecule has 0 spiro atoms. The van der Waals surface area contributed by atoms with Gasteiger partial charge >= 0.3 is 0 Å². The Kier molecular flexibility index (Phi) is 3.51. The number of fused-ring (bicyclic) bond motifs is 5. The van der Waals surface area contributed by atoms with Crippen LogP contribution in [0.25, 0.3) is 0 Å². The number of aliphatic hydroxyl groups is 1. The van der Waals surface area contributed by atoms with Crippen LogP contribution in [0, 0.1) is 34.5 Å². The quantitative estimate of drug-likeness (QED) is 0.794. The topological polar surface area (TPSA) is 71.4 Å². The van der Waals surface area contributed by atoms with Crippen molar-refractivity contribution in [1.82, 2.24) is 0 Å². The van der Waals surface area contributed by atoms with Crippen LogP contribution in [0.15, 0.2) is 12.2 Å². The van der Waals surface area contributed by atoms with Crippen molar-refractivity contribution in [2.75, 3.05) is 0 Å². The summed E-state index contributed by atoms with van der Waals surface area (Å²) in [5, 5.41) is 11.1. The van der Waals surface area contributed by atoms with Crippen LogP contribution in [0.3, 0.4) is 0 Å². The third-order valence-corrected chi connectivity index (χ3v) is 8.58. The minimum atomic E-state index is -1.29. The Morgan fingerprint density at radius 1 is 1.12 bits per heavy atom. The highest BCUT2D eigenvalue weighted by molar-refractivity contribution is 5.93. The normalized spacial score (nSPS) is 51.7. The highest BCUT2D eigenvalue weighted by atomic mass is 16.3. The van der Waals surface area contributed by atoms with Gasteiger partial charge in [0.2, 0.25) is 0 Å². The number of rotatable bonds is 1. The largest absolute Gasteiger partial charge is 0.382 e. The lowest BCUT2D eigenvalue weighted by Crippen LogP contribution is -2.60. The van der Waals surface area contributed by atoms with E-state index in [4.69, 9.17) is 0 Å². The molecule has 3 fully saturated rings. The van der Waals surface area contributed by atoms with Gasteiger partial charge in [-0.25, -0.2) is 0 Å². The Balaban J connectivity index is 1.75. The van der Waals surface area contributed by atoms with E-state index < -0.39 is 11.0 Å². The Morgan fingerprint density at radius 3 is 2.48 bits per heavy atom. The van der Waals surface area contributed by atoms with Gasteiger partial charge in [0.25, 0.3) is 0 Å². The molecule has 0 radical (unpaired) electrons. The zero-order chi connectivity index (χ0) is 18.2. The van der Waals surface area contributed by atoms with Gasteiger partial charge in [0.05, 0.1) is 0 Å². The Bertz CT molecular complexity index is 694. The standard InChI is InChI=1S/C21H28O4/c1-12(22)21(25)9-6-16-18-15(5-8-20(16,21)3)19(2)7-4-14(23)10-13(19)11-17(18)24/h4,7,13,15-16,18,25H,5-6,8-11H2,1-3H3/t13?,15-,16-,18+,19-,20-,21-/m0/s1. The van der Waals surface area contributed by atoms with Crippen molar-refractivity contribution in [2.24, 2.45) is 34.5 Å². The van der Waals surface area contributed by atoms with E-state index in [-0.39, 0.29) is 46.4 Å². The summed E-state index contributed by atoms with van der Waals surface area (Å²) >= 11 is 0. The maximum atomic E-state index is 13.1. The lowest BCUT2D eigenvalue weighted by atomic mass is 9.45. The summed E-state index contributed by atoms with van der Waals surface area (Å²) in [6.45, 7) is 5.71. The molecule has 0 saturated heterocycles. The molecule has 7 atom stereocenters. The Hall–Kier alpha value is -1.29. The van der Waals surface area contributed by atoms with E-state index in [1.54, 1.807) is 6.08 Å². The van der Waals surface area contributed by atoms with Crippen molar-refractivity contribution in [1.29, 1.82) is 0 Å². The number of hydrogen-bond donors (Lipinski definition) is 1. The van der Waals surface area contributed by atoms with Gasteiger partial charge in [-0.15, -0.1) is 0 Å². The summed E-state index contributed by atoms with van der Waals surface area (Å²) in [5.41, 5.74) is -1.92. The summed E-state index contributed by atoms with van der Waals surface area (Å²) in [6, 6.07) is 0. The van der Waals surface area contributed by atoms with Gasteiger partial charge in [0.15, 0.2) is 11.6 Å². The maximum Gasteiger partial charge on any atom is 0.161 e. The fraction of sp³-hybridized carbons (Fsp3) is 0.762. The van der Waals surface area contributed by atoms with E-state index >= 15 is 0 Å². The SMILES string of the molecule is CC(=O)[C@@]1(O)CC[C@H]2[C@@H]3C(=O)CC4CC(=O)C=C[C@]4(C)[C@H]3CC[C@@]21C. The maximum absolute atomic E-state index is 13.1. The molecule has 0 heterocycles. The molecule has 1 N–H and O–H groups in total. The molecule has 3 saturated carbocycles. The average Bonchev–Trinajstić information content (AvgIpc) is 2.82. The zero-order valence-corrected chi connectivity index (χ0v) is 15.4. The van der Waals surface area contributed by atoms with Crippen molar-refractivity contribution < 1.29 is 19.5 Å². The predicted molar refractivity (Wildman–Crippen MR) is 92.7 cm³/mol. The monoisotopic (exact) mass is 344 g/mol. The van der Waals surface area contributed by atoms with E-state index in [9.17, 15) is 19.5 Å². The van der Waals surface area contributed by atoms with Crippen LogP contribution in [0.4, 0.5) is 0 Å². The highest BCUT2D eigenvalue weighted by Gasteiger charge is 2.67. The van der Waals surface area contributed by atoms with E-state index in [1.807, 2.05) is 6.92 Å². The minimum absolute atomic E-state index is 0.0662. The first-order valence-corrected chi connectivity index (χ1v) is 9.62. The Morgan fingerprint density at radius 2 is 1.80 bits per heavy atom. The van der Waals surface area contributed by atoms with Gasteiger partial charge in [0, 0.05) is 24.2 Å². The van der Waals surface area contributed by atoms with E-state index in [0.717, 1.165) is 19.3 Å². The first kappa shape index (κ1) is 17.1. The van der Waals surface area contributed by atoms with Crippen LogP contribution in [-0.4, -0.2) is 28.1 Å². The average molecular weight is 344 g/mol. The molecule has 0 aromatic rings. The van der Waals surface area contributed by atoms with Gasteiger partial charge in [-0.3, -0.25) is 14.4 Å². The molecule has 4 nitrogen and oxygen atoms in total. The van der Waals surface area contributed by atoms with Crippen molar-refractivity contribution in [3.8, 4) is 0 Å². The smallest absolute Gasteiger partial charge is 0.161 e. The second-order valence-corrected chi connectivity index (χ2v) is 9.39. The second kappa shape index (κ2) is 5.12. The molecule has 4 aliphatic carbocycles. The molecule has 0 aromatic carbocycles. The van der Waals surface area contributed by atoms with Gasteiger partial charge in [-0.2, -0.15) is 0 Å². The molecule has 0 bridgehead atoms. The van der Waals surface area contributed by atoms with Crippen LogP contribution in [0.5, 0.6) is 0 Å². The van der Waals surface area contributed by atoms with Crippen LogP contribution in [0.2, 0.25) is 0 Å². The van der Waals surface area contributed by atoms with Crippen LogP contribution in [-0.2, 0) is 14.4 Å². The van der Waals surface area contributed by atoms with E-state index in [2.05, 4.69) is 13.0 Å². The molecule has 136 valence electrons. The number of allylic oxidation sites excluding steroid dienone is 2. The van der Waals surface area contributed by atoms with Crippen LogP contribution >= 0.6 is 0 Å². The third-order valence-electron chi connectivity index (χ3n) is 8.58. The second-order valence-electron chi connectivity index (χ2n) is 9.39. The number of carbonyl (C=O) groups excluding carboxylic acids is 3. The molecule has 0 aliphatic heterocycles. The van der Waals surface area contributed by atoms with E-state index in [0.29, 0.717) is 19.3 Å². The predicted octanol–water partition coefficient (Wildman–Crippen LogP) is 2.87. The molecule has 4 aliphatic rings. The number of carbonyl (C=O) groups is 3. The fourth-order valence-electron chi connectivity index (χ4n) is 6.92. The molecule has 25 heavy (non-hydrogen) atoms. The molecule has 4 heteroatoms. The third kappa shape index (κ3) is 2.00. The van der Waals surface area contributed by atoms with Crippen molar-refractivity contribution in [3.63, 3.8) is 0 Å². The summed E-state index contributed by atoms with van der Waals surface area (Å²) < 4.78 is 0. The van der Waals surface area contributed by atoms with Gasteiger partial charge < -0.3 is 5.11 Å². The number of hydrogen-bond acceptors (Lipinski definition) is 4. The fourth-order valence-corrected chi connectivity index (χ4v) is 6.92. The lowest BCUT2D eigenvalue weighted by Gasteiger charge is -2.58. The molecule has 0 amide bonds. The van der Waals surface area contributed by atoms with Crippen LogP contribution < -0.4 is 0 Å². The molecule has 1 unspecified atom stereocenters. The summed E-state index contributed by atoms with van der Waals surface area (Å²) in [5.74, 6) is 0.515. The van der Waals surface area contributed by atoms with Gasteiger partial charge in [-0.1, -0.05) is 19.9 Å². The summed E-state index contributed by atoms with van der Waals surface area (Å²) in [6.07, 6.45) is 7.51. The first-order chi connectivity index (χ1) is 11.6. The van der Waals surface area contributed by atoms with Crippen molar-refractivity contribution >= 4 is 17.3 Å². The highest BCUT2D eigenvalue weighted by Crippen LogP contribution is 2.66. The summed E-state index contributed by atoms with van der Waals surface area (Å²) in [4.78, 5) is 37.2. The van der Waals surface area contributed by atoms with Crippen molar-refractivity contribution in [2.45, 2.75) is 64.9 Å². The number of Topliss-reactive ketones (excluding diaryl/α,β-unsaturated/α-hetero) is 2. The first-order valence-electron chi connectivity index (χ1n) is 9.62. The molecular formula is C21H28O4. The van der Waals surface area contributed by atoms with E-state index in [1.165, 1.54) is 6.92 Å². The molecular weight excluding hydrogens is 316 g/mol.